The number of amides is 2. The zero-order valence-electron chi connectivity index (χ0n) is 23.1. The Hall–Kier alpha value is -5.50. The monoisotopic (exact) mass is 564 g/mol. The zero-order valence-corrected chi connectivity index (χ0v) is 23.1. The molecule has 0 unspecified atom stereocenters. The van der Waals surface area contributed by atoms with Crippen LogP contribution >= 0.6 is 0 Å². The highest BCUT2D eigenvalue weighted by Gasteiger charge is 2.16. The van der Waals surface area contributed by atoms with Gasteiger partial charge in [0.2, 0.25) is 0 Å². The highest BCUT2D eigenvalue weighted by atomic mass is 16.5. The van der Waals surface area contributed by atoms with Gasteiger partial charge in [0.05, 0.1) is 22.5 Å². The van der Waals surface area contributed by atoms with E-state index in [4.69, 9.17) is 18.9 Å². The molecule has 8 nitrogen and oxygen atoms in total. The largest absolute Gasteiger partial charge is 0.489 e. The SMILES string of the molecule is C=CCOc1ccccc1C(=O)Nc1ccccc1OCCOc1ccccc1NC(=O)c1ccccc1OCC=C. The molecule has 0 fully saturated rings. The van der Waals surface area contributed by atoms with Gasteiger partial charge in [0, 0.05) is 0 Å². The molecule has 4 aromatic carbocycles. The third-order valence-corrected chi connectivity index (χ3v) is 5.85. The van der Waals surface area contributed by atoms with Gasteiger partial charge in [-0.25, -0.2) is 0 Å². The van der Waals surface area contributed by atoms with E-state index in [9.17, 15) is 9.59 Å². The van der Waals surface area contributed by atoms with Crippen molar-refractivity contribution in [3.05, 3.63) is 133 Å². The standard InChI is InChI=1S/C34H32N2O6/c1-3-21-39-29-17-9-5-13-25(29)33(37)35-27-15-7-11-19-31(27)41-23-24-42-32-20-12-8-16-28(32)36-34(38)26-14-6-10-18-30(26)40-22-4-2/h3-20H,1-2,21-24H2,(H,35,37)(H,36,38). The molecule has 0 heterocycles. The molecule has 0 bridgehead atoms. The summed E-state index contributed by atoms with van der Waals surface area (Å²) < 4.78 is 23.1. The maximum absolute atomic E-state index is 13.0. The molecule has 0 aliphatic rings. The summed E-state index contributed by atoms with van der Waals surface area (Å²) >= 11 is 0. The number of benzene rings is 4. The van der Waals surface area contributed by atoms with E-state index in [-0.39, 0.29) is 38.2 Å². The minimum Gasteiger partial charge on any atom is -0.489 e. The number of hydrogen-bond donors (Lipinski definition) is 2. The lowest BCUT2D eigenvalue weighted by Gasteiger charge is -2.16. The Morgan fingerprint density at radius 1 is 0.524 bits per heavy atom. The van der Waals surface area contributed by atoms with Crippen molar-refractivity contribution in [3.8, 4) is 23.0 Å². The Bertz CT molecular complexity index is 1420. The number of ether oxygens (including phenoxy) is 4. The lowest BCUT2D eigenvalue weighted by atomic mass is 10.1. The molecule has 2 N–H and O–H groups in total. The van der Waals surface area contributed by atoms with Gasteiger partial charge in [-0.15, -0.1) is 0 Å². The minimum absolute atomic E-state index is 0.187. The van der Waals surface area contributed by atoms with E-state index >= 15 is 0 Å². The van der Waals surface area contributed by atoms with Crippen molar-refractivity contribution < 1.29 is 28.5 Å². The highest BCUT2D eigenvalue weighted by Crippen LogP contribution is 2.28. The average Bonchev–Trinajstić information content (AvgIpc) is 3.02. The highest BCUT2D eigenvalue weighted by molar-refractivity contribution is 6.07. The van der Waals surface area contributed by atoms with Crippen LogP contribution in [0.25, 0.3) is 0 Å². The molecular formula is C34H32N2O6. The molecule has 0 atom stereocenters. The third-order valence-electron chi connectivity index (χ3n) is 5.85. The number of hydrogen-bond acceptors (Lipinski definition) is 6. The van der Waals surface area contributed by atoms with Crippen molar-refractivity contribution in [2.45, 2.75) is 0 Å². The van der Waals surface area contributed by atoms with E-state index in [0.29, 0.717) is 45.5 Å². The number of carbonyl (C=O) groups excluding carboxylic acids is 2. The Balaban J connectivity index is 1.36. The lowest BCUT2D eigenvalue weighted by molar-refractivity contribution is 0.101. The summed E-state index contributed by atoms with van der Waals surface area (Å²) in [7, 11) is 0. The maximum Gasteiger partial charge on any atom is 0.259 e. The van der Waals surface area contributed by atoms with Crippen molar-refractivity contribution in [2.75, 3.05) is 37.1 Å². The van der Waals surface area contributed by atoms with Crippen LogP contribution in [0.1, 0.15) is 20.7 Å². The van der Waals surface area contributed by atoms with Gasteiger partial charge in [-0.3, -0.25) is 9.59 Å². The zero-order chi connectivity index (χ0) is 29.6. The van der Waals surface area contributed by atoms with Crippen LogP contribution in [0.15, 0.2) is 122 Å². The fourth-order valence-corrected chi connectivity index (χ4v) is 3.93. The van der Waals surface area contributed by atoms with Gasteiger partial charge < -0.3 is 29.6 Å². The van der Waals surface area contributed by atoms with E-state index in [2.05, 4.69) is 23.8 Å². The number of rotatable bonds is 15. The van der Waals surface area contributed by atoms with Crippen molar-refractivity contribution in [2.24, 2.45) is 0 Å². The lowest BCUT2D eigenvalue weighted by Crippen LogP contribution is -2.16. The number of carbonyl (C=O) groups is 2. The molecule has 0 radical (unpaired) electrons. The molecule has 214 valence electrons. The van der Waals surface area contributed by atoms with Gasteiger partial charge in [0.1, 0.15) is 49.4 Å². The van der Waals surface area contributed by atoms with E-state index in [1.165, 1.54) is 0 Å². The molecule has 0 aliphatic carbocycles. The van der Waals surface area contributed by atoms with E-state index in [1.807, 2.05) is 12.1 Å². The summed E-state index contributed by atoms with van der Waals surface area (Å²) in [6.45, 7) is 8.24. The summed E-state index contributed by atoms with van der Waals surface area (Å²) in [6, 6.07) is 28.2. The second-order valence-corrected chi connectivity index (χ2v) is 8.79. The Morgan fingerprint density at radius 2 is 0.881 bits per heavy atom. The van der Waals surface area contributed by atoms with Crippen LogP contribution in [0.3, 0.4) is 0 Å². The van der Waals surface area contributed by atoms with Crippen LogP contribution < -0.4 is 29.6 Å². The fourth-order valence-electron chi connectivity index (χ4n) is 3.93. The first-order valence-corrected chi connectivity index (χ1v) is 13.3. The second kappa shape index (κ2) is 15.3. The van der Waals surface area contributed by atoms with Gasteiger partial charge in [-0.1, -0.05) is 73.8 Å². The topological polar surface area (TPSA) is 95.1 Å². The smallest absolute Gasteiger partial charge is 0.259 e. The quantitative estimate of drug-likeness (QED) is 0.122. The van der Waals surface area contributed by atoms with Crippen molar-refractivity contribution in [1.29, 1.82) is 0 Å². The van der Waals surface area contributed by atoms with E-state index < -0.39 is 0 Å². The number of para-hydroxylation sites is 6. The summed E-state index contributed by atoms with van der Waals surface area (Å²) in [5.74, 6) is 1.22. The van der Waals surface area contributed by atoms with Gasteiger partial charge in [-0.05, 0) is 48.5 Å². The van der Waals surface area contributed by atoms with Crippen LogP contribution in [0.2, 0.25) is 0 Å². The Morgan fingerprint density at radius 3 is 1.29 bits per heavy atom. The summed E-state index contributed by atoms with van der Waals surface area (Å²) in [5.41, 5.74) is 1.80. The third kappa shape index (κ3) is 8.02. The Kier molecular flexibility index (Phi) is 10.8. The molecule has 42 heavy (non-hydrogen) atoms. The molecule has 0 saturated carbocycles. The molecule has 0 spiro atoms. The first kappa shape index (κ1) is 29.5. The molecule has 0 aromatic heterocycles. The van der Waals surface area contributed by atoms with Gasteiger partial charge >= 0.3 is 0 Å². The molecule has 0 saturated heterocycles. The molecule has 4 rings (SSSR count). The first-order valence-electron chi connectivity index (χ1n) is 13.3. The van der Waals surface area contributed by atoms with Gasteiger partial charge in [0.25, 0.3) is 11.8 Å². The molecule has 0 aliphatic heterocycles. The first-order chi connectivity index (χ1) is 20.6. The molecule has 8 heteroatoms. The van der Waals surface area contributed by atoms with Crippen molar-refractivity contribution >= 4 is 23.2 Å². The van der Waals surface area contributed by atoms with Crippen molar-refractivity contribution in [3.63, 3.8) is 0 Å². The van der Waals surface area contributed by atoms with Crippen LogP contribution in [0.5, 0.6) is 23.0 Å². The minimum atomic E-state index is -0.330. The molecular weight excluding hydrogens is 532 g/mol. The molecule has 4 aromatic rings. The maximum atomic E-state index is 13.0. The van der Waals surface area contributed by atoms with Crippen molar-refractivity contribution in [1.82, 2.24) is 0 Å². The van der Waals surface area contributed by atoms with Crippen LogP contribution in [0.4, 0.5) is 11.4 Å². The summed E-state index contributed by atoms with van der Waals surface area (Å²) in [5, 5.41) is 5.78. The average molecular weight is 565 g/mol. The summed E-state index contributed by atoms with van der Waals surface area (Å²) in [4.78, 5) is 26.0. The normalized spacial score (nSPS) is 10.2. The van der Waals surface area contributed by atoms with Gasteiger partial charge in [-0.2, -0.15) is 0 Å². The predicted molar refractivity (Wildman–Crippen MR) is 164 cm³/mol. The second-order valence-electron chi connectivity index (χ2n) is 8.79. The number of nitrogens with one attached hydrogen (secondary N) is 2. The molecule has 2 amide bonds. The summed E-state index contributed by atoms with van der Waals surface area (Å²) in [6.07, 6.45) is 3.23. The Labute approximate surface area is 245 Å². The van der Waals surface area contributed by atoms with E-state index in [1.54, 1.807) is 97.1 Å². The van der Waals surface area contributed by atoms with Crippen LogP contribution in [-0.2, 0) is 0 Å². The van der Waals surface area contributed by atoms with Crippen LogP contribution in [0, 0.1) is 0 Å². The predicted octanol–water partition coefficient (Wildman–Crippen LogP) is 6.78. The van der Waals surface area contributed by atoms with E-state index in [0.717, 1.165) is 0 Å². The van der Waals surface area contributed by atoms with Gasteiger partial charge in [0.15, 0.2) is 0 Å². The number of anilines is 2. The van der Waals surface area contributed by atoms with Crippen LogP contribution in [-0.4, -0.2) is 38.2 Å². The fraction of sp³-hybridized carbons (Fsp3) is 0.118.